The Balaban J connectivity index is 6.10. The van der Waals surface area contributed by atoms with Gasteiger partial charge in [-0.25, -0.2) is 22.0 Å². The van der Waals surface area contributed by atoms with Crippen LogP contribution in [0.3, 0.4) is 0 Å². The molecule has 0 heterocycles. The summed E-state index contributed by atoms with van der Waals surface area (Å²) < 4.78 is 116. The molecule has 0 unspecified atom stereocenters. The van der Waals surface area contributed by atoms with Gasteiger partial charge in [0.2, 0.25) is 9.84 Å². The van der Waals surface area contributed by atoms with Crippen LogP contribution in [0.25, 0.3) is 0 Å². The largest absolute Gasteiger partial charge is 0.427 e. The maximum absolute atomic E-state index is 12.6. The number of hydrogen-bond donors (Lipinski definition) is 1. The van der Waals surface area contributed by atoms with Crippen molar-refractivity contribution in [2.75, 3.05) is 6.26 Å². The summed E-state index contributed by atoms with van der Waals surface area (Å²) in [5.74, 6) is -6.71. The fraction of sp³-hybridized carbons (Fsp3) is 1.00. The van der Waals surface area contributed by atoms with Crippen molar-refractivity contribution in [2.24, 2.45) is 5.14 Å². The lowest BCUT2D eigenvalue weighted by Crippen LogP contribution is -2.61. The minimum Gasteiger partial charge on any atom is -0.223 e. The van der Waals surface area contributed by atoms with E-state index in [2.05, 4.69) is 5.14 Å². The average molecular weight is 309 g/mol. The highest BCUT2D eigenvalue weighted by Crippen LogP contribution is 2.49. The zero-order valence-corrected chi connectivity index (χ0v) is 9.43. The number of sulfonamides is 1. The maximum Gasteiger partial charge on any atom is 0.427 e. The van der Waals surface area contributed by atoms with Gasteiger partial charge >= 0.3 is 16.4 Å². The number of nitrogens with two attached hydrogens (primary N) is 1. The van der Waals surface area contributed by atoms with Crippen LogP contribution in [0.1, 0.15) is 0 Å². The number of primary sulfonamides is 1. The molecule has 0 saturated carbocycles. The minimum atomic E-state index is -6.71. The zero-order chi connectivity index (χ0) is 14.5. The molecule has 0 spiro atoms. The summed E-state index contributed by atoms with van der Waals surface area (Å²) in [6, 6.07) is 0. The summed E-state index contributed by atoms with van der Waals surface area (Å²) in [5.41, 5.74) is 0. The van der Waals surface area contributed by atoms with Gasteiger partial charge < -0.3 is 0 Å². The molecule has 0 fully saturated rings. The lowest BCUT2D eigenvalue weighted by molar-refractivity contribution is -0.243. The molecule has 104 valence electrons. The number of halogens is 6. The molecule has 0 bridgehead atoms. The third-order valence-corrected chi connectivity index (χ3v) is 3.71. The van der Waals surface area contributed by atoms with Crippen molar-refractivity contribution in [1.29, 1.82) is 0 Å². The third kappa shape index (κ3) is 2.22. The average Bonchev–Trinajstić information content (AvgIpc) is 1.98. The first-order chi connectivity index (χ1) is 7.00. The second-order valence-electron chi connectivity index (χ2n) is 2.93. The van der Waals surface area contributed by atoms with E-state index in [-0.39, 0.29) is 0 Å². The summed E-state index contributed by atoms with van der Waals surface area (Å²) in [4.78, 5) is 0. The quantitative estimate of drug-likeness (QED) is 0.747. The molecule has 0 atom stereocenters. The van der Waals surface area contributed by atoms with E-state index in [4.69, 9.17) is 0 Å². The molecule has 0 aliphatic rings. The Kier molecular flexibility index (Phi) is 3.59. The van der Waals surface area contributed by atoms with Crippen LogP contribution >= 0.6 is 0 Å². The normalized spacial score (nSPS) is 16.0. The van der Waals surface area contributed by atoms with E-state index in [1.807, 2.05) is 0 Å². The first-order valence-electron chi connectivity index (χ1n) is 3.35. The predicted octanol–water partition coefficient (Wildman–Crippen LogP) is 0.140. The second kappa shape index (κ2) is 3.71. The van der Waals surface area contributed by atoms with Crippen molar-refractivity contribution < 1.29 is 43.2 Å². The molecular formula is C4H5F6NO4S2. The molecule has 5 nitrogen and oxygen atoms in total. The van der Waals surface area contributed by atoms with Crippen LogP contribution < -0.4 is 5.14 Å². The standard InChI is InChI=1S/C4H5F6NO4S2/c1-16(12,13)3(7,8)2(5,6)4(9,10)17(11,14)15/h1H3,(H2,11,14,15). The minimum absolute atomic E-state index is 0.458. The van der Waals surface area contributed by atoms with Crippen LogP contribution in [0, 0.1) is 0 Å². The van der Waals surface area contributed by atoms with E-state index in [1.165, 1.54) is 0 Å². The van der Waals surface area contributed by atoms with Crippen LogP contribution in [0.15, 0.2) is 0 Å². The van der Waals surface area contributed by atoms with Crippen LogP contribution in [0.5, 0.6) is 0 Å². The SMILES string of the molecule is CS(=O)(=O)C(F)(F)C(F)(F)C(F)(F)S(N)(=O)=O. The van der Waals surface area contributed by atoms with Gasteiger partial charge in [0.05, 0.1) is 0 Å². The molecule has 0 aromatic carbocycles. The summed E-state index contributed by atoms with van der Waals surface area (Å²) in [6.45, 7) is 0. The highest BCUT2D eigenvalue weighted by molar-refractivity contribution is 7.92. The van der Waals surface area contributed by atoms with Gasteiger partial charge in [-0.05, 0) is 0 Å². The highest BCUT2D eigenvalue weighted by Gasteiger charge is 2.80. The van der Waals surface area contributed by atoms with Crippen LogP contribution in [-0.2, 0) is 19.9 Å². The molecule has 0 saturated heterocycles. The molecule has 0 amide bonds. The Bertz CT molecular complexity index is 462. The van der Waals surface area contributed by atoms with Crippen molar-refractivity contribution in [3.63, 3.8) is 0 Å². The number of alkyl halides is 6. The number of sulfone groups is 1. The molecule has 0 radical (unpaired) electrons. The maximum atomic E-state index is 12.6. The molecular weight excluding hydrogens is 304 g/mol. The zero-order valence-electron chi connectivity index (χ0n) is 7.79. The number of rotatable bonds is 4. The molecule has 2 N–H and O–H groups in total. The van der Waals surface area contributed by atoms with E-state index in [9.17, 15) is 43.2 Å². The van der Waals surface area contributed by atoms with E-state index < -0.39 is 42.5 Å². The fourth-order valence-corrected chi connectivity index (χ4v) is 1.72. The molecule has 13 heteroatoms. The third-order valence-electron chi connectivity index (χ3n) is 1.55. The fourth-order valence-electron chi connectivity index (χ4n) is 0.581. The van der Waals surface area contributed by atoms with Gasteiger partial charge in [-0.15, -0.1) is 0 Å². The predicted molar refractivity (Wildman–Crippen MR) is 42.8 cm³/mol. The molecule has 0 aliphatic carbocycles. The van der Waals surface area contributed by atoms with E-state index in [0.29, 0.717) is 0 Å². The van der Waals surface area contributed by atoms with Gasteiger partial charge in [-0.1, -0.05) is 0 Å². The number of hydrogen-bond acceptors (Lipinski definition) is 4. The Morgan fingerprint density at radius 3 is 1.29 bits per heavy atom. The van der Waals surface area contributed by atoms with Gasteiger partial charge in [-0.2, -0.15) is 26.3 Å². The van der Waals surface area contributed by atoms with Crippen molar-refractivity contribution >= 4 is 19.9 Å². The van der Waals surface area contributed by atoms with Gasteiger partial charge in [-0.3, -0.25) is 0 Å². The first kappa shape index (κ1) is 16.4. The van der Waals surface area contributed by atoms with Crippen LogP contribution in [-0.4, -0.2) is 39.5 Å². The first-order valence-corrected chi connectivity index (χ1v) is 6.79. The van der Waals surface area contributed by atoms with E-state index >= 15 is 0 Å². The Labute approximate surface area is 91.6 Å². The topological polar surface area (TPSA) is 94.3 Å². The van der Waals surface area contributed by atoms with E-state index in [1.54, 1.807) is 0 Å². The Morgan fingerprint density at radius 1 is 0.824 bits per heavy atom. The van der Waals surface area contributed by atoms with Crippen molar-refractivity contribution in [2.45, 2.75) is 16.4 Å². The smallest absolute Gasteiger partial charge is 0.223 e. The summed E-state index contributed by atoms with van der Waals surface area (Å²) >= 11 is 0. The Hall–Kier alpha value is -0.560. The van der Waals surface area contributed by atoms with Crippen LogP contribution in [0.2, 0.25) is 0 Å². The molecule has 0 aliphatic heterocycles. The summed E-state index contributed by atoms with van der Waals surface area (Å²) in [6.07, 6.45) is -0.458. The van der Waals surface area contributed by atoms with Crippen molar-refractivity contribution in [3.8, 4) is 0 Å². The van der Waals surface area contributed by atoms with Gasteiger partial charge in [0.15, 0.2) is 0 Å². The Morgan fingerprint density at radius 2 is 1.12 bits per heavy atom. The summed E-state index contributed by atoms with van der Waals surface area (Å²) in [7, 11) is -12.4. The van der Waals surface area contributed by atoms with Gasteiger partial charge in [0.1, 0.15) is 0 Å². The highest BCUT2D eigenvalue weighted by atomic mass is 32.2. The van der Waals surface area contributed by atoms with Gasteiger partial charge in [0.25, 0.3) is 10.0 Å². The molecule has 0 aromatic rings. The monoisotopic (exact) mass is 309 g/mol. The lowest BCUT2D eigenvalue weighted by Gasteiger charge is -2.29. The van der Waals surface area contributed by atoms with Crippen LogP contribution in [0.4, 0.5) is 26.3 Å². The molecule has 0 aromatic heterocycles. The van der Waals surface area contributed by atoms with Gasteiger partial charge in [0, 0.05) is 6.26 Å². The lowest BCUT2D eigenvalue weighted by atomic mass is 10.3. The molecule has 0 rings (SSSR count). The molecule has 17 heavy (non-hydrogen) atoms. The van der Waals surface area contributed by atoms with Crippen molar-refractivity contribution in [3.05, 3.63) is 0 Å². The second-order valence-corrected chi connectivity index (χ2v) is 6.58. The van der Waals surface area contributed by atoms with E-state index in [0.717, 1.165) is 0 Å². The summed E-state index contributed by atoms with van der Waals surface area (Å²) in [5, 5.41) is -9.08. The van der Waals surface area contributed by atoms with Crippen molar-refractivity contribution in [1.82, 2.24) is 0 Å².